The number of ether oxygens (including phenoxy) is 4. The second kappa shape index (κ2) is 96.6. The number of likely N-dealkylation sites (N-methyl/N-ethyl adjacent to an activating group) is 2. The number of carbonyl (C=O) groups excluding carboxylic acids is 6. The molecule has 0 bridgehead atoms. The molecule has 2 amide bonds. The van der Waals surface area contributed by atoms with Crippen molar-refractivity contribution in [1.29, 1.82) is 0 Å². The van der Waals surface area contributed by atoms with Crippen LogP contribution in [0.4, 0.5) is 0 Å². The molecule has 0 saturated heterocycles. The molecule has 0 aliphatic rings. The van der Waals surface area contributed by atoms with E-state index in [1.807, 2.05) is 19.0 Å². The first-order valence-corrected chi connectivity index (χ1v) is 47.6. The third-order valence-corrected chi connectivity index (χ3v) is 21.1. The molecule has 18 nitrogen and oxygen atoms in total. The van der Waals surface area contributed by atoms with Crippen LogP contribution in [0.3, 0.4) is 0 Å². The molecule has 0 fully saturated rings. The van der Waals surface area contributed by atoms with E-state index >= 15 is 0 Å². The van der Waals surface area contributed by atoms with Gasteiger partial charge in [-0.1, -0.05) is 298 Å². The Kier molecular flexibility index (Phi) is 99.0. The molecular formula is C94H178Br2N4O14. The van der Waals surface area contributed by atoms with Crippen LogP contribution in [0.1, 0.15) is 387 Å². The highest BCUT2D eigenvalue weighted by Crippen LogP contribution is 2.17. The third kappa shape index (κ3) is 90.8. The molecule has 0 aliphatic heterocycles. The monoisotopic (exact) mass is 1750 g/mol. The Morgan fingerprint density at radius 1 is 0.298 bits per heavy atom. The van der Waals surface area contributed by atoms with Crippen LogP contribution in [0.15, 0.2) is 48.6 Å². The molecule has 0 rings (SSSR count). The van der Waals surface area contributed by atoms with Crippen LogP contribution in [0.25, 0.3) is 0 Å². The minimum atomic E-state index is -0.261. The zero-order valence-electron chi connectivity index (χ0n) is 74.4. The standard InChI is InChI=1S/C47H89N2O7.C42H76BrNO5.C5H13NO2.BrH/c1-4-6-8-10-12-14-16-18-20-22-24-26-28-30-32-34-46(53)55-42-36-48(45(52)44-49(3,38-40-50)39-41-51)37-43-56-47(54)35-33-31-29-27-25-23-21-19-17-15-13-11-9-7-5-2;1-3-5-7-9-11-13-15-17-19-21-23-25-27-29-31-33-41(46)48-37-35-44(40(45)39-43)36-38-49-42(47)34-32-30-28-26-24-22-20-18-16-14-12-10-8-6-4-2;1-6(2-4-7)3-5-8;/h18-21,50-51H,4-17,22-44H2,1-3H3;17-20H,3-16,21-39H2,1-2H3;7-8H,2-5H2,1H3;1H/q+1;;;/p-1/b20-18-,21-19-;19-17-,20-18-;;. The molecule has 20 heteroatoms. The van der Waals surface area contributed by atoms with Gasteiger partial charge in [-0.3, -0.25) is 28.8 Å². The Labute approximate surface area is 718 Å². The first-order chi connectivity index (χ1) is 55.2. The van der Waals surface area contributed by atoms with Crippen molar-refractivity contribution in [3.05, 3.63) is 48.6 Å². The largest absolute Gasteiger partial charge is 1.00 e. The minimum Gasteiger partial charge on any atom is -1.00 e. The minimum absolute atomic E-state index is 0. The fourth-order valence-electron chi connectivity index (χ4n) is 13.2. The van der Waals surface area contributed by atoms with Crippen molar-refractivity contribution in [1.82, 2.24) is 14.7 Å². The first-order valence-electron chi connectivity index (χ1n) is 46.5. The zero-order valence-corrected chi connectivity index (χ0v) is 77.5. The molecular weight excluding hydrogens is 1570 g/mol. The molecule has 0 radical (unpaired) electrons. The lowest BCUT2D eigenvalue weighted by Gasteiger charge is -2.34. The SMILES string of the molecule is CCCCCCCC/C=C\CCCCCCCC(=O)OCCN(CCOC(=O)CCCCCCC/C=C\CCCCCCCC)C(=O)CBr.CCCCCCCC/C=C\CCCCCCCC(=O)OCCN(CCOC(=O)CCCCCCC/C=C\CCCCCCCC)C(=O)C[N+](C)(CCO)CCO.CN(CCO)CCO.[Br-]. The summed E-state index contributed by atoms with van der Waals surface area (Å²) in [5, 5.41) is 36.0. The highest BCUT2D eigenvalue weighted by atomic mass is 79.9. The molecule has 0 aliphatic carbocycles. The van der Waals surface area contributed by atoms with E-state index in [0.717, 1.165) is 103 Å². The maximum atomic E-state index is 13.4. The van der Waals surface area contributed by atoms with Crippen LogP contribution < -0.4 is 17.0 Å². The van der Waals surface area contributed by atoms with E-state index in [1.165, 1.54) is 231 Å². The predicted molar refractivity (Wildman–Crippen MR) is 475 cm³/mol. The van der Waals surface area contributed by atoms with Gasteiger partial charge in [0.1, 0.15) is 39.5 Å². The lowest BCUT2D eigenvalue weighted by Crippen LogP contribution is -3.00. The first kappa shape index (κ1) is 117. The summed E-state index contributed by atoms with van der Waals surface area (Å²) in [6.45, 7) is 12.6. The molecule has 0 spiro atoms. The number of halogens is 2. The van der Waals surface area contributed by atoms with Crippen LogP contribution >= 0.6 is 15.9 Å². The van der Waals surface area contributed by atoms with Gasteiger partial charge >= 0.3 is 23.9 Å². The van der Waals surface area contributed by atoms with Crippen LogP contribution in [-0.2, 0) is 47.7 Å². The van der Waals surface area contributed by atoms with Gasteiger partial charge in [0, 0.05) is 38.8 Å². The fraction of sp³-hybridized carbons (Fsp3) is 0.851. The topological polar surface area (TPSA) is 230 Å². The number of aliphatic hydroxyl groups is 4. The van der Waals surface area contributed by atoms with Gasteiger partial charge in [0.2, 0.25) is 5.91 Å². The summed E-state index contributed by atoms with van der Waals surface area (Å²) in [6, 6.07) is 0. The number of carbonyl (C=O) groups is 6. The number of aliphatic hydroxyl groups excluding tert-OH is 4. The summed E-state index contributed by atoms with van der Waals surface area (Å²) in [7, 11) is 3.68. The number of rotatable bonds is 83. The van der Waals surface area contributed by atoms with Crippen LogP contribution in [0, 0.1) is 0 Å². The number of quaternary nitrogens is 1. The second-order valence-corrected chi connectivity index (χ2v) is 32.1. The van der Waals surface area contributed by atoms with Crippen molar-refractivity contribution in [3.63, 3.8) is 0 Å². The molecule has 0 atom stereocenters. The fourth-order valence-corrected chi connectivity index (χ4v) is 13.5. The molecule has 0 saturated carbocycles. The number of nitrogens with zero attached hydrogens (tertiary/aromatic N) is 4. The Morgan fingerprint density at radius 3 is 0.702 bits per heavy atom. The van der Waals surface area contributed by atoms with Crippen molar-refractivity contribution in [2.75, 3.05) is 131 Å². The van der Waals surface area contributed by atoms with E-state index in [0.29, 0.717) is 65.0 Å². The number of unbranched alkanes of at least 4 members (excludes halogenated alkanes) is 44. The van der Waals surface area contributed by atoms with Crippen LogP contribution in [-0.4, -0.2) is 206 Å². The highest BCUT2D eigenvalue weighted by Gasteiger charge is 2.28. The molecule has 672 valence electrons. The molecule has 114 heavy (non-hydrogen) atoms. The van der Waals surface area contributed by atoms with Crippen molar-refractivity contribution in [2.45, 2.75) is 387 Å². The van der Waals surface area contributed by atoms with Crippen molar-refractivity contribution >= 4 is 51.6 Å². The predicted octanol–water partition coefficient (Wildman–Crippen LogP) is 18.7. The summed E-state index contributed by atoms with van der Waals surface area (Å²) in [6.07, 6.45) is 83.2. The van der Waals surface area contributed by atoms with Crippen molar-refractivity contribution < 1.29 is 89.6 Å². The van der Waals surface area contributed by atoms with Crippen LogP contribution in [0.5, 0.6) is 0 Å². The van der Waals surface area contributed by atoms with E-state index < -0.39 is 0 Å². The maximum absolute atomic E-state index is 13.4. The summed E-state index contributed by atoms with van der Waals surface area (Å²) in [4.78, 5) is 79.9. The molecule has 0 unspecified atom stereocenters. The molecule has 0 heterocycles. The zero-order chi connectivity index (χ0) is 83.5. The van der Waals surface area contributed by atoms with Crippen molar-refractivity contribution in [2.24, 2.45) is 0 Å². The number of allylic oxidation sites excluding steroid dienone is 8. The van der Waals surface area contributed by atoms with Gasteiger partial charge in [0.25, 0.3) is 5.91 Å². The molecule has 4 N–H and O–H groups in total. The van der Waals surface area contributed by atoms with Gasteiger partial charge in [-0.2, -0.15) is 0 Å². The average molecular weight is 1750 g/mol. The summed E-state index contributed by atoms with van der Waals surface area (Å²) in [5.74, 6) is -1.26. The number of alkyl halides is 1. The van der Waals surface area contributed by atoms with Gasteiger partial charge < -0.3 is 75.5 Å². The average Bonchev–Trinajstić information content (AvgIpc) is 0.864. The third-order valence-electron chi connectivity index (χ3n) is 20.6. The van der Waals surface area contributed by atoms with E-state index in [9.17, 15) is 39.0 Å². The Bertz CT molecular complexity index is 2080. The van der Waals surface area contributed by atoms with Gasteiger partial charge in [-0.15, -0.1) is 0 Å². The van der Waals surface area contributed by atoms with Crippen molar-refractivity contribution in [3.8, 4) is 0 Å². The van der Waals surface area contributed by atoms with Crippen LogP contribution in [0.2, 0.25) is 0 Å². The maximum Gasteiger partial charge on any atom is 0.305 e. The Morgan fingerprint density at radius 2 is 0.500 bits per heavy atom. The van der Waals surface area contributed by atoms with E-state index in [1.54, 1.807) is 9.80 Å². The lowest BCUT2D eigenvalue weighted by atomic mass is 10.1. The second-order valence-electron chi connectivity index (χ2n) is 31.5. The molecule has 0 aromatic heterocycles. The molecule has 0 aromatic carbocycles. The highest BCUT2D eigenvalue weighted by molar-refractivity contribution is 9.09. The van der Waals surface area contributed by atoms with E-state index in [4.69, 9.17) is 29.2 Å². The lowest BCUT2D eigenvalue weighted by molar-refractivity contribution is -0.902. The van der Waals surface area contributed by atoms with Gasteiger partial charge in [0.15, 0.2) is 6.54 Å². The Hall–Kier alpha value is -3.50. The molecule has 0 aromatic rings. The van der Waals surface area contributed by atoms with Gasteiger partial charge in [-0.05, 0) is 135 Å². The quantitative estimate of drug-likeness (QED) is 0.0111. The Balaban J connectivity index is -0.000000964. The normalized spacial score (nSPS) is 11.5. The summed E-state index contributed by atoms with van der Waals surface area (Å²) in [5.41, 5.74) is 0. The number of esters is 4. The summed E-state index contributed by atoms with van der Waals surface area (Å²) < 4.78 is 21.9. The smallest absolute Gasteiger partial charge is 0.305 e. The van der Waals surface area contributed by atoms with Gasteiger partial charge in [0.05, 0.1) is 65.0 Å². The van der Waals surface area contributed by atoms with E-state index in [-0.39, 0.29) is 135 Å². The number of hydrogen-bond acceptors (Lipinski definition) is 15. The van der Waals surface area contributed by atoms with E-state index in [2.05, 4.69) is 92.2 Å². The summed E-state index contributed by atoms with van der Waals surface area (Å²) >= 11 is 3.22. The number of amides is 2. The van der Waals surface area contributed by atoms with Gasteiger partial charge in [-0.25, -0.2) is 0 Å². The number of hydrogen-bond donors (Lipinski definition) is 4.